The van der Waals surface area contributed by atoms with Crippen LogP contribution in [0.4, 0.5) is 5.69 Å². The molecule has 0 saturated heterocycles. The van der Waals surface area contributed by atoms with E-state index in [-0.39, 0.29) is 5.43 Å². The minimum atomic E-state index is -0.0615. The van der Waals surface area contributed by atoms with Crippen molar-refractivity contribution < 1.29 is 4.42 Å². The van der Waals surface area contributed by atoms with Crippen LogP contribution in [0.3, 0.4) is 0 Å². The number of nitrogens with zero attached hydrogens (tertiary/aromatic N) is 3. The molecule has 0 spiro atoms. The Kier molecular flexibility index (Phi) is 7.34. The van der Waals surface area contributed by atoms with E-state index >= 15 is 0 Å². The molecule has 2 aromatic heterocycles. The van der Waals surface area contributed by atoms with Gasteiger partial charge in [-0.05, 0) is 69.8 Å². The first kappa shape index (κ1) is 29.3. The van der Waals surface area contributed by atoms with E-state index < -0.39 is 0 Å². The monoisotopic (exact) mass is 627 g/mol. The fourth-order valence-corrected chi connectivity index (χ4v) is 6.39. The second kappa shape index (κ2) is 12.3. The van der Waals surface area contributed by atoms with Crippen molar-refractivity contribution in [3.8, 4) is 62.0 Å². The van der Waals surface area contributed by atoms with Crippen LogP contribution >= 0.6 is 0 Å². The van der Waals surface area contributed by atoms with Gasteiger partial charge in [-0.25, -0.2) is 4.85 Å². The van der Waals surface area contributed by atoms with Gasteiger partial charge in [-0.15, -0.1) is 0 Å². The predicted molar refractivity (Wildman–Crippen MR) is 196 cm³/mol. The van der Waals surface area contributed by atoms with Crippen molar-refractivity contribution in [2.75, 3.05) is 0 Å². The largest absolute Gasteiger partial charge is 0.456 e. The Hall–Kier alpha value is -7.08. The Morgan fingerprint density at radius 1 is 0.551 bits per heavy atom. The summed E-state index contributed by atoms with van der Waals surface area (Å²) in [4.78, 5) is 22.3. The first-order chi connectivity index (χ1) is 24.1. The van der Waals surface area contributed by atoms with E-state index in [1.54, 1.807) is 12.1 Å². The lowest BCUT2D eigenvalue weighted by molar-refractivity contribution is 0.660. The molecule has 0 unspecified atom stereocenters. The van der Waals surface area contributed by atoms with Crippen LogP contribution in [0.25, 0.3) is 82.7 Å². The van der Waals surface area contributed by atoms with Crippen molar-refractivity contribution in [3.05, 3.63) is 179 Å². The molecule has 49 heavy (non-hydrogen) atoms. The van der Waals surface area contributed by atoms with E-state index in [2.05, 4.69) is 17.0 Å². The molecule has 0 bridgehead atoms. The molecule has 0 aliphatic carbocycles. The lowest BCUT2D eigenvalue weighted by Gasteiger charge is -2.17. The average molecular weight is 628 g/mol. The predicted octanol–water partition coefficient (Wildman–Crippen LogP) is 11.1. The number of benzene rings is 6. The van der Waals surface area contributed by atoms with E-state index in [4.69, 9.17) is 16.0 Å². The van der Waals surface area contributed by atoms with E-state index in [0.29, 0.717) is 50.1 Å². The normalized spacial score (nSPS) is 10.9. The highest BCUT2D eigenvalue weighted by atomic mass is 16.3. The number of rotatable bonds is 5. The Balaban J connectivity index is 1.28. The minimum absolute atomic E-state index is 0.0615. The number of aromatic nitrogens is 1. The molecule has 0 N–H and O–H groups in total. The summed E-state index contributed by atoms with van der Waals surface area (Å²) in [6.07, 6.45) is 0. The zero-order chi connectivity index (χ0) is 33.3. The van der Waals surface area contributed by atoms with Crippen molar-refractivity contribution >= 4 is 27.6 Å². The van der Waals surface area contributed by atoms with Gasteiger partial charge in [-0.3, -0.25) is 9.78 Å². The van der Waals surface area contributed by atoms with Gasteiger partial charge in [0.25, 0.3) is 0 Å². The quantitative estimate of drug-likeness (QED) is 0.141. The van der Waals surface area contributed by atoms with Gasteiger partial charge in [0.05, 0.1) is 34.3 Å². The van der Waals surface area contributed by atoms with Gasteiger partial charge in [0.1, 0.15) is 17.2 Å². The second-order valence-corrected chi connectivity index (χ2v) is 11.7. The van der Waals surface area contributed by atoms with Crippen LogP contribution in [0.1, 0.15) is 5.56 Å². The smallest absolute Gasteiger partial charge is 0.221 e. The van der Waals surface area contributed by atoms with Crippen molar-refractivity contribution in [1.82, 2.24) is 4.98 Å². The fraction of sp³-hybridized carbons (Fsp3) is 0. The molecule has 2 heterocycles. The zero-order valence-electron chi connectivity index (χ0n) is 26.1. The van der Waals surface area contributed by atoms with Gasteiger partial charge < -0.3 is 4.42 Å². The van der Waals surface area contributed by atoms with E-state index in [9.17, 15) is 10.1 Å². The average Bonchev–Trinajstić information content (AvgIpc) is 3.18. The van der Waals surface area contributed by atoms with Crippen LogP contribution in [0.15, 0.2) is 161 Å². The van der Waals surface area contributed by atoms with Crippen LogP contribution in [-0.4, -0.2) is 4.98 Å². The summed E-state index contributed by atoms with van der Waals surface area (Å²) < 4.78 is 6.03. The van der Waals surface area contributed by atoms with Crippen LogP contribution in [0, 0.1) is 17.9 Å². The third-order valence-electron chi connectivity index (χ3n) is 8.75. The first-order valence-electron chi connectivity index (χ1n) is 15.8. The number of nitriles is 1. The molecule has 5 nitrogen and oxygen atoms in total. The summed E-state index contributed by atoms with van der Waals surface area (Å²) >= 11 is 0. The molecule has 0 saturated carbocycles. The first-order valence-corrected chi connectivity index (χ1v) is 15.8. The summed E-state index contributed by atoms with van der Waals surface area (Å²) in [6, 6.07) is 50.7. The van der Waals surface area contributed by atoms with Gasteiger partial charge in [0.15, 0.2) is 0 Å². The SMILES string of the molecule is [C-]#[N+]c1c(-c2ccccc2)nc(-c2ccccc2)c(C#N)c1-c1cccc(-c2cccc(-c3ccc4oc5ccccc5c(=O)c4c3)c2)c1. The zero-order valence-corrected chi connectivity index (χ0v) is 26.1. The molecule has 228 valence electrons. The molecular formula is C44H25N3O2. The highest BCUT2D eigenvalue weighted by Gasteiger charge is 2.23. The molecule has 5 heteroatoms. The Morgan fingerprint density at radius 3 is 1.73 bits per heavy atom. The molecule has 0 aliphatic rings. The molecule has 0 radical (unpaired) electrons. The van der Waals surface area contributed by atoms with Crippen molar-refractivity contribution in [1.29, 1.82) is 5.26 Å². The van der Waals surface area contributed by atoms with E-state index in [1.165, 1.54) is 0 Å². The van der Waals surface area contributed by atoms with Crippen LogP contribution in [-0.2, 0) is 0 Å². The van der Waals surface area contributed by atoms with E-state index in [1.807, 2.05) is 133 Å². The third-order valence-corrected chi connectivity index (χ3v) is 8.75. The van der Waals surface area contributed by atoms with Gasteiger partial charge >= 0.3 is 0 Å². The lowest BCUT2D eigenvalue weighted by atomic mass is 9.90. The van der Waals surface area contributed by atoms with Crippen LogP contribution in [0.5, 0.6) is 0 Å². The van der Waals surface area contributed by atoms with Crippen molar-refractivity contribution in [2.24, 2.45) is 0 Å². The molecule has 0 fully saturated rings. The summed E-state index contributed by atoms with van der Waals surface area (Å²) in [5, 5.41) is 11.7. The number of para-hydroxylation sites is 1. The van der Waals surface area contributed by atoms with Crippen molar-refractivity contribution in [3.63, 3.8) is 0 Å². The topological polar surface area (TPSA) is 71.2 Å². The Labute approximate surface area is 282 Å². The molecule has 8 aromatic rings. The number of hydrogen-bond donors (Lipinski definition) is 0. The van der Waals surface area contributed by atoms with Crippen LogP contribution in [0.2, 0.25) is 0 Å². The number of hydrogen-bond acceptors (Lipinski definition) is 4. The van der Waals surface area contributed by atoms with Crippen LogP contribution < -0.4 is 5.43 Å². The Morgan fingerprint density at radius 2 is 1.08 bits per heavy atom. The highest BCUT2D eigenvalue weighted by molar-refractivity contribution is 5.97. The summed E-state index contributed by atoms with van der Waals surface area (Å²) in [5.41, 5.74) is 9.41. The summed E-state index contributed by atoms with van der Waals surface area (Å²) in [5.74, 6) is 0. The molecule has 6 aromatic carbocycles. The summed E-state index contributed by atoms with van der Waals surface area (Å²) in [7, 11) is 0. The van der Waals surface area contributed by atoms with Gasteiger partial charge in [-0.1, -0.05) is 115 Å². The number of pyridine rings is 1. The maximum Gasteiger partial charge on any atom is 0.221 e. The molecule has 0 atom stereocenters. The highest BCUT2D eigenvalue weighted by Crippen LogP contribution is 2.44. The lowest BCUT2D eigenvalue weighted by Crippen LogP contribution is -2.01. The maximum absolute atomic E-state index is 13.4. The molecule has 0 aliphatic heterocycles. The van der Waals surface area contributed by atoms with Gasteiger partial charge in [-0.2, -0.15) is 5.26 Å². The molecular weight excluding hydrogens is 603 g/mol. The fourth-order valence-electron chi connectivity index (χ4n) is 6.39. The van der Waals surface area contributed by atoms with E-state index in [0.717, 1.165) is 38.9 Å². The summed E-state index contributed by atoms with van der Waals surface area (Å²) in [6.45, 7) is 8.28. The number of fused-ring (bicyclic) bond motifs is 2. The third kappa shape index (κ3) is 5.22. The Bertz CT molecular complexity index is 2620. The molecule has 8 rings (SSSR count). The standard InChI is InChI=1S/C44H25N3O2/c1-46-43-40(37(27-45)41(28-12-4-2-5-13-28)47-42(43)29-14-6-3-7-15-29)34-19-11-18-32(25-34)30-16-10-17-31(24-30)33-22-23-39-36(26-33)44(48)35-20-8-9-21-38(35)49-39/h2-26H. The van der Waals surface area contributed by atoms with Gasteiger partial charge in [0, 0.05) is 11.1 Å². The second-order valence-electron chi connectivity index (χ2n) is 11.7. The maximum atomic E-state index is 13.4. The molecule has 0 amide bonds. The van der Waals surface area contributed by atoms with Gasteiger partial charge in [0.2, 0.25) is 11.1 Å². The van der Waals surface area contributed by atoms with Crippen molar-refractivity contribution in [2.45, 2.75) is 0 Å². The minimum Gasteiger partial charge on any atom is -0.456 e.